The maximum Gasteiger partial charge on any atom is 0.297 e. The minimum absolute atomic E-state index is 0.0653. The number of rotatable bonds is 5. The second kappa shape index (κ2) is 6.69. The zero-order chi connectivity index (χ0) is 22.0. The van der Waals surface area contributed by atoms with Crippen molar-refractivity contribution in [1.29, 1.82) is 0 Å². The van der Waals surface area contributed by atoms with Crippen molar-refractivity contribution in [3.8, 4) is 17.3 Å². The Labute approximate surface area is 185 Å². The molecule has 162 valence electrons. The molecule has 3 fully saturated rings. The summed E-state index contributed by atoms with van der Waals surface area (Å²) in [6.45, 7) is 0. The lowest BCUT2D eigenvalue weighted by atomic mass is 9.41. The minimum atomic E-state index is -0.525. The molecule has 1 atom stereocenters. The summed E-state index contributed by atoms with van der Waals surface area (Å²) in [5.74, 6) is 0.973. The van der Waals surface area contributed by atoms with E-state index in [9.17, 15) is 9.90 Å². The molecule has 0 radical (unpaired) electrons. The highest BCUT2D eigenvalue weighted by molar-refractivity contribution is 5.76. The Morgan fingerprint density at radius 1 is 1.09 bits per heavy atom. The third-order valence-electron chi connectivity index (χ3n) is 7.22. The molecule has 3 aliphatic carbocycles. The van der Waals surface area contributed by atoms with Gasteiger partial charge in [0.15, 0.2) is 11.3 Å². The minimum Gasteiger partial charge on any atom is -0.501 e. The summed E-state index contributed by atoms with van der Waals surface area (Å²) in [7, 11) is 3.62. The van der Waals surface area contributed by atoms with Crippen LogP contribution in [0.15, 0.2) is 63.8 Å². The molecule has 3 aliphatic rings. The van der Waals surface area contributed by atoms with Crippen molar-refractivity contribution in [2.75, 3.05) is 11.9 Å². The Morgan fingerprint density at radius 2 is 1.78 bits per heavy atom. The Morgan fingerprint density at radius 3 is 2.44 bits per heavy atom. The highest BCUT2D eigenvalue weighted by atomic mass is 16.4. The van der Waals surface area contributed by atoms with Crippen LogP contribution in [-0.4, -0.2) is 26.7 Å². The molecule has 2 bridgehead atoms. The maximum absolute atomic E-state index is 13.0. The lowest BCUT2D eigenvalue weighted by Gasteiger charge is -2.66. The van der Waals surface area contributed by atoms with Crippen molar-refractivity contribution in [3.05, 3.63) is 70.5 Å². The summed E-state index contributed by atoms with van der Waals surface area (Å²) in [6, 6.07) is 17.8. The van der Waals surface area contributed by atoms with Gasteiger partial charge in [0.25, 0.3) is 11.4 Å². The first-order valence-electron chi connectivity index (χ1n) is 10.9. The number of hydrogen-bond acceptors (Lipinski definition) is 6. The summed E-state index contributed by atoms with van der Waals surface area (Å²) < 4.78 is 7.22. The summed E-state index contributed by atoms with van der Waals surface area (Å²) in [5, 5.41) is 10.6. The van der Waals surface area contributed by atoms with E-state index in [-0.39, 0.29) is 23.0 Å². The maximum atomic E-state index is 13.0. The number of aromatic nitrogens is 3. The molecule has 2 aromatic heterocycles. The molecule has 0 spiro atoms. The van der Waals surface area contributed by atoms with Crippen LogP contribution in [-0.2, 0) is 7.05 Å². The molecule has 32 heavy (non-hydrogen) atoms. The van der Waals surface area contributed by atoms with E-state index in [0.29, 0.717) is 17.0 Å². The van der Waals surface area contributed by atoms with Crippen LogP contribution in [0.25, 0.3) is 22.7 Å². The van der Waals surface area contributed by atoms with E-state index in [2.05, 4.69) is 34.1 Å². The van der Waals surface area contributed by atoms with Crippen molar-refractivity contribution < 1.29 is 9.52 Å². The van der Waals surface area contributed by atoms with Gasteiger partial charge < -0.3 is 14.4 Å². The average molecular weight is 428 g/mol. The van der Waals surface area contributed by atoms with Gasteiger partial charge in [0, 0.05) is 14.1 Å². The molecule has 1 N–H and O–H groups in total. The van der Waals surface area contributed by atoms with Gasteiger partial charge >= 0.3 is 0 Å². The summed E-state index contributed by atoms with van der Waals surface area (Å²) in [5.41, 5.74) is 2.18. The molecule has 0 saturated heterocycles. The van der Waals surface area contributed by atoms with Crippen molar-refractivity contribution >= 4 is 17.0 Å². The topological polar surface area (TPSA) is 84.4 Å². The number of hydrogen-bond donors (Lipinski definition) is 1. The lowest BCUT2D eigenvalue weighted by molar-refractivity contribution is -0.127. The van der Waals surface area contributed by atoms with Gasteiger partial charge in [0.05, 0.1) is 6.04 Å². The normalized spacial score (nSPS) is 22.2. The van der Waals surface area contributed by atoms with Crippen LogP contribution in [0.3, 0.4) is 0 Å². The van der Waals surface area contributed by atoms with Gasteiger partial charge in [-0.05, 0) is 48.3 Å². The smallest absolute Gasteiger partial charge is 0.297 e. The lowest BCUT2D eigenvalue weighted by Crippen LogP contribution is -2.59. The second-order valence-electron chi connectivity index (χ2n) is 9.22. The van der Waals surface area contributed by atoms with E-state index < -0.39 is 11.3 Å². The predicted molar refractivity (Wildman–Crippen MR) is 122 cm³/mol. The van der Waals surface area contributed by atoms with E-state index in [1.165, 1.54) is 29.4 Å². The Kier molecular flexibility index (Phi) is 4.00. The van der Waals surface area contributed by atoms with Gasteiger partial charge in [-0.25, -0.2) is 9.97 Å². The molecule has 7 nitrogen and oxygen atoms in total. The molecule has 2 heterocycles. The van der Waals surface area contributed by atoms with Crippen molar-refractivity contribution in [3.63, 3.8) is 0 Å². The molecular weight excluding hydrogens is 404 g/mol. The van der Waals surface area contributed by atoms with Crippen LogP contribution in [0.5, 0.6) is 5.75 Å². The molecule has 7 heteroatoms. The molecule has 0 aliphatic heterocycles. The van der Waals surface area contributed by atoms with Gasteiger partial charge in [-0.3, -0.25) is 9.36 Å². The summed E-state index contributed by atoms with van der Waals surface area (Å²) in [4.78, 5) is 24.2. The van der Waals surface area contributed by atoms with Gasteiger partial charge in [-0.2, -0.15) is 0 Å². The fraction of sp³-hybridized carbons (Fsp3) is 0.320. The third kappa shape index (κ3) is 2.63. The monoisotopic (exact) mass is 428 g/mol. The van der Waals surface area contributed by atoms with Crippen LogP contribution >= 0.6 is 0 Å². The molecule has 7 rings (SSSR count). The van der Waals surface area contributed by atoms with Crippen molar-refractivity contribution in [2.45, 2.75) is 25.3 Å². The van der Waals surface area contributed by atoms with Crippen LogP contribution in [0.4, 0.5) is 5.95 Å². The number of nitrogens with zero attached hydrogens (tertiary/aromatic N) is 4. The third-order valence-corrected chi connectivity index (χ3v) is 7.22. The average Bonchev–Trinajstić information content (AvgIpc) is 3.18. The highest BCUT2D eigenvalue weighted by Gasteiger charge is 2.62. The SMILES string of the molecule is CN(c1nc(-c2nc3ccccc3o2)c(O)c(=O)n1C)C(c1ccccc1)C12CC(C1)C2. The van der Waals surface area contributed by atoms with E-state index >= 15 is 0 Å². The zero-order valence-corrected chi connectivity index (χ0v) is 18.0. The van der Waals surface area contributed by atoms with Crippen LogP contribution in [0.1, 0.15) is 30.9 Å². The fourth-order valence-electron chi connectivity index (χ4n) is 5.64. The van der Waals surface area contributed by atoms with Crippen LogP contribution < -0.4 is 10.5 Å². The predicted octanol–water partition coefficient (Wildman–Crippen LogP) is 4.27. The molecule has 4 aromatic rings. The molecule has 3 saturated carbocycles. The standard InChI is InChI=1S/C25H24N4O3/c1-28(21(16-8-4-3-5-9-16)25-12-15(13-25)14-25)24-27-19(20(30)23(31)29(24)2)22-26-17-10-6-7-11-18(17)32-22/h3-11,15,21,30H,12-14H2,1-2H3. The largest absolute Gasteiger partial charge is 0.501 e. The quantitative estimate of drug-likeness (QED) is 0.511. The van der Waals surface area contributed by atoms with Crippen LogP contribution in [0.2, 0.25) is 0 Å². The Bertz CT molecular complexity index is 1340. The van der Waals surface area contributed by atoms with E-state index in [1.807, 2.05) is 31.3 Å². The first-order chi connectivity index (χ1) is 15.5. The second-order valence-corrected chi connectivity index (χ2v) is 9.22. The van der Waals surface area contributed by atoms with Gasteiger partial charge in [0.1, 0.15) is 5.52 Å². The fourth-order valence-corrected chi connectivity index (χ4v) is 5.64. The number of anilines is 1. The Balaban J connectivity index is 1.49. The number of para-hydroxylation sites is 2. The first-order valence-corrected chi connectivity index (χ1v) is 10.9. The summed E-state index contributed by atoms with van der Waals surface area (Å²) >= 11 is 0. The molecule has 2 aromatic carbocycles. The van der Waals surface area contributed by atoms with E-state index in [0.717, 1.165) is 5.92 Å². The highest BCUT2D eigenvalue weighted by Crippen LogP contribution is 2.70. The van der Waals surface area contributed by atoms with E-state index in [4.69, 9.17) is 9.40 Å². The van der Waals surface area contributed by atoms with Gasteiger partial charge in [-0.15, -0.1) is 0 Å². The van der Waals surface area contributed by atoms with Crippen molar-refractivity contribution in [2.24, 2.45) is 18.4 Å². The molecular formula is C25H24N4O3. The van der Waals surface area contributed by atoms with Crippen LogP contribution in [0, 0.1) is 11.3 Å². The first kappa shape index (κ1) is 19.1. The molecule has 0 amide bonds. The van der Waals surface area contributed by atoms with E-state index in [1.54, 1.807) is 13.1 Å². The van der Waals surface area contributed by atoms with Crippen molar-refractivity contribution in [1.82, 2.24) is 14.5 Å². The number of fused-ring (bicyclic) bond motifs is 1. The Hall–Kier alpha value is -3.61. The van der Waals surface area contributed by atoms with Gasteiger partial charge in [-0.1, -0.05) is 42.5 Å². The number of benzene rings is 2. The summed E-state index contributed by atoms with van der Waals surface area (Å²) in [6.07, 6.45) is 3.59. The number of oxazole rings is 1. The molecule has 1 unspecified atom stereocenters. The number of aromatic hydroxyl groups is 1. The zero-order valence-electron chi connectivity index (χ0n) is 18.0. The van der Waals surface area contributed by atoms with Gasteiger partial charge in [0.2, 0.25) is 11.7 Å².